The van der Waals surface area contributed by atoms with Crippen molar-refractivity contribution in [1.29, 1.82) is 0 Å². The van der Waals surface area contributed by atoms with Gasteiger partial charge in [-0.3, -0.25) is 14.9 Å². The van der Waals surface area contributed by atoms with Crippen molar-refractivity contribution in [2.75, 3.05) is 19.8 Å². The molecule has 0 saturated heterocycles. The van der Waals surface area contributed by atoms with E-state index in [0.717, 1.165) is 42.7 Å². The highest BCUT2D eigenvalue weighted by atomic mass is 16.6. The summed E-state index contributed by atoms with van der Waals surface area (Å²) < 4.78 is 16.3. The van der Waals surface area contributed by atoms with E-state index in [4.69, 9.17) is 13.9 Å². The van der Waals surface area contributed by atoms with Gasteiger partial charge in [0.25, 0.3) is 5.91 Å². The van der Waals surface area contributed by atoms with E-state index in [2.05, 4.69) is 5.32 Å². The van der Waals surface area contributed by atoms with Gasteiger partial charge in [-0.2, -0.15) is 0 Å². The topological polar surface area (TPSA) is 104 Å². The molecule has 1 aliphatic heterocycles. The van der Waals surface area contributed by atoms with Gasteiger partial charge in [0.15, 0.2) is 17.3 Å². The lowest BCUT2D eigenvalue weighted by Crippen LogP contribution is -2.39. The van der Waals surface area contributed by atoms with Gasteiger partial charge in [-0.25, -0.2) is 0 Å². The Labute approximate surface area is 155 Å². The summed E-state index contributed by atoms with van der Waals surface area (Å²) in [4.78, 5) is 22.4. The fraction of sp³-hybridized carbons (Fsp3) is 0.421. The van der Waals surface area contributed by atoms with Crippen LogP contribution in [0.15, 0.2) is 34.7 Å². The number of hydrogen-bond acceptors (Lipinski definition) is 6. The Morgan fingerprint density at radius 3 is 2.56 bits per heavy atom. The highest BCUT2D eigenvalue weighted by Gasteiger charge is 2.37. The van der Waals surface area contributed by atoms with Crippen molar-refractivity contribution in [2.24, 2.45) is 0 Å². The Balaban J connectivity index is 1.52. The van der Waals surface area contributed by atoms with Gasteiger partial charge in [-0.15, -0.1) is 0 Å². The molecule has 1 aliphatic carbocycles. The maximum Gasteiger partial charge on any atom is 0.433 e. The first-order valence-electron chi connectivity index (χ1n) is 9.00. The van der Waals surface area contributed by atoms with E-state index >= 15 is 0 Å². The van der Waals surface area contributed by atoms with Crippen LogP contribution in [0.1, 0.15) is 41.8 Å². The number of hydrogen-bond donors (Lipinski definition) is 1. The quantitative estimate of drug-likeness (QED) is 0.638. The van der Waals surface area contributed by atoms with Crippen LogP contribution in [0.25, 0.3) is 0 Å². The van der Waals surface area contributed by atoms with Crippen LogP contribution in [0.5, 0.6) is 11.5 Å². The SMILES string of the molecule is O=C(NCC1(c2ccc3c(c2)OCCO3)CCCC1)c1ccc([N+](=O)[O-])o1. The Morgan fingerprint density at radius 1 is 1.11 bits per heavy atom. The van der Waals surface area contributed by atoms with Crippen LogP contribution < -0.4 is 14.8 Å². The largest absolute Gasteiger partial charge is 0.486 e. The fourth-order valence-electron chi connectivity index (χ4n) is 3.88. The van der Waals surface area contributed by atoms with Gasteiger partial charge < -0.3 is 19.2 Å². The van der Waals surface area contributed by atoms with Crippen molar-refractivity contribution < 1.29 is 23.6 Å². The smallest absolute Gasteiger partial charge is 0.433 e. The van der Waals surface area contributed by atoms with E-state index in [1.807, 2.05) is 18.2 Å². The first-order valence-corrected chi connectivity index (χ1v) is 9.00. The Morgan fingerprint density at radius 2 is 1.85 bits per heavy atom. The molecular weight excluding hydrogens is 352 g/mol. The zero-order chi connectivity index (χ0) is 18.9. The van der Waals surface area contributed by atoms with E-state index in [1.165, 1.54) is 12.1 Å². The number of ether oxygens (including phenoxy) is 2. The van der Waals surface area contributed by atoms with Crippen molar-refractivity contribution in [3.8, 4) is 11.5 Å². The Kier molecular flexibility index (Phi) is 4.47. The van der Waals surface area contributed by atoms with Crippen molar-refractivity contribution in [1.82, 2.24) is 5.32 Å². The number of benzene rings is 1. The zero-order valence-corrected chi connectivity index (χ0v) is 14.7. The zero-order valence-electron chi connectivity index (χ0n) is 14.7. The summed E-state index contributed by atoms with van der Waals surface area (Å²) in [7, 11) is 0. The molecule has 0 unspecified atom stereocenters. The molecular formula is C19H20N2O6. The number of carbonyl (C=O) groups excluding carboxylic acids is 1. The standard InChI is InChI=1S/C19H20N2O6/c22-18(15-5-6-17(27-15)21(23)24)20-12-19(7-1-2-8-19)13-3-4-14-16(11-13)26-10-9-25-14/h3-6,11H,1-2,7-10,12H2,(H,20,22). The molecule has 0 bridgehead atoms. The summed E-state index contributed by atoms with van der Waals surface area (Å²) in [6.45, 7) is 1.50. The van der Waals surface area contributed by atoms with Crippen molar-refractivity contribution in [2.45, 2.75) is 31.1 Å². The van der Waals surface area contributed by atoms with Crippen molar-refractivity contribution >= 4 is 11.8 Å². The summed E-state index contributed by atoms with van der Waals surface area (Å²) >= 11 is 0. The average molecular weight is 372 g/mol. The first-order chi connectivity index (χ1) is 13.1. The normalized spacial score (nSPS) is 17.5. The molecule has 1 aromatic carbocycles. The van der Waals surface area contributed by atoms with Gasteiger partial charge >= 0.3 is 5.88 Å². The van der Waals surface area contributed by atoms with E-state index < -0.39 is 16.7 Å². The van der Waals surface area contributed by atoms with Crippen LogP contribution >= 0.6 is 0 Å². The van der Waals surface area contributed by atoms with Gasteiger partial charge in [0, 0.05) is 12.0 Å². The van der Waals surface area contributed by atoms with Gasteiger partial charge in [0.2, 0.25) is 0 Å². The molecule has 1 N–H and O–H groups in total. The van der Waals surface area contributed by atoms with E-state index in [-0.39, 0.29) is 11.2 Å². The lowest BCUT2D eigenvalue weighted by molar-refractivity contribution is -0.402. The number of amides is 1. The van der Waals surface area contributed by atoms with Crippen LogP contribution in [0, 0.1) is 10.1 Å². The third-order valence-electron chi connectivity index (χ3n) is 5.30. The minimum atomic E-state index is -0.662. The molecule has 0 radical (unpaired) electrons. The molecule has 4 rings (SSSR count). The highest BCUT2D eigenvalue weighted by Crippen LogP contribution is 2.43. The van der Waals surface area contributed by atoms with E-state index in [9.17, 15) is 14.9 Å². The molecule has 2 heterocycles. The number of rotatable bonds is 5. The number of carbonyl (C=O) groups is 1. The van der Waals surface area contributed by atoms with Gasteiger partial charge in [-0.1, -0.05) is 18.9 Å². The summed E-state index contributed by atoms with van der Waals surface area (Å²) in [6.07, 6.45) is 4.06. The Hall–Kier alpha value is -3.03. The van der Waals surface area contributed by atoms with Crippen molar-refractivity contribution in [3.63, 3.8) is 0 Å². The molecule has 1 amide bonds. The molecule has 1 fully saturated rings. The fourth-order valence-corrected chi connectivity index (χ4v) is 3.88. The van der Waals surface area contributed by atoms with Crippen molar-refractivity contribution in [3.05, 3.63) is 51.8 Å². The average Bonchev–Trinajstić information content (AvgIpc) is 3.36. The molecule has 27 heavy (non-hydrogen) atoms. The summed E-state index contributed by atoms with van der Waals surface area (Å²) in [5.41, 5.74) is 0.916. The molecule has 1 aromatic heterocycles. The molecule has 8 heteroatoms. The third-order valence-corrected chi connectivity index (χ3v) is 5.30. The van der Waals surface area contributed by atoms with Crippen LogP contribution in [0.4, 0.5) is 5.88 Å². The van der Waals surface area contributed by atoms with Gasteiger partial charge in [0.1, 0.15) is 18.1 Å². The molecule has 0 spiro atoms. The minimum absolute atomic E-state index is 0.0583. The molecule has 0 atom stereocenters. The monoisotopic (exact) mass is 372 g/mol. The lowest BCUT2D eigenvalue weighted by Gasteiger charge is -2.31. The molecule has 142 valence electrons. The number of nitrogens with zero attached hydrogens (tertiary/aromatic N) is 1. The lowest BCUT2D eigenvalue weighted by atomic mass is 9.78. The molecule has 1 saturated carbocycles. The Bertz CT molecular complexity index is 869. The van der Waals surface area contributed by atoms with Gasteiger partial charge in [-0.05, 0) is 36.6 Å². The highest BCUT2D eigenvalue weighted by molar-refractivity contribution is 5.91. The molecule has 8 nitrogen and oxygen atoms in total. The first kappa shape index (κ1) is 17.4. The predicted octanol–water partition coefficient (Wildman–Crippen LogP) is 3.20. The maximum atomic E-state index is 12.4. The summed E-state index contributed by atoms with van der Waals surface area (Å²) in [5.74, 6) is 0.523. The summed E-state index contributed by atoms with van der Waals surface area (Å²) in [6, 6.07) is 8.45. The second-order valence-corrected chi connectivity index (χ2v) is 6.92. The second kappa shape index (κ2) is 6.94. The van der Waals surface area contributed by atoms with Crippen LogP contribution in [-0.2, 0) is 5.41 Å². The number of fused-ring (bicyclic) bond motifs is 1. The third kappa shape index (κ3) is 3.34. The van der Waals surface area contributed by atoms with E-state index in [1.54, 1.807) is 0 Å². The summed E-state index contributed by atoms with van der Waals surface area (Å²) in [5, 5.41) is 13.6. The second-order valence-electron chi connectivity index (χ2n) is 6.92. The van der Waals surface area contributed by atoms with Crippen LogP contribution in [0.3, 0.4) is 0 Å². The number of furan rings is 1. The van der Waals surface area contributed by atoms with Crippen LogP contribution in [-0.4, -0.2) is 30.6 Å². The van der Waals surface area contributed by atoms with E-state index in [0.29, 0.717) is 19.8 Å². The maximum absolute atomic E-state index is 12.4. The van der Waals surface area contributed by atoms with Crippen LogP contribution in [0.2, 0.25) is 0 Å². The predicted molar refractivity (Wildman–Crippen MR) is 95.3 cm³/mol. The number of nitrogens with one attached hydrogen (secondary N) is 1. The molecule has 2 aliphatic rings. The number of nitro groups is 1. The minimum Gasteiger partial charge on any atom is -0.486 e. The molecule has 2 aromatic rings. The van der Waals surface area contributed by atoms with Gasteiger partial charge in [0.05, 0.1) is 6.07 Å².